The van der Waals surface area contributed by atoms with Gasteiger partial charge in [0.05, 0.1) is 6.07 Å². The van der Waals surface area contributed by atoms with E-state index < -0.39 is 36.4 Å². The van der Waals surface area contributed by atoms with Crippen LogP contribution in [0, 0.1) is 18.3 Å². The zero-order valence-electron chi connectivity index (χ0n) is 14.4. The number of hydrogen-bond acceptors (Lipinski definition) is 7. The molecule has 0 aliphatic heterocycles. The fraction of sp³-hybridized carbons (Fsp3) is 0.222. The van der Waals surface area contributed by atoms with Gasteiger partial charge in [0.25, 0.3) is 0 Å². The summed E-state index contributed by atoms with van der Waals surface area (Å²) in [6.07, 6.45) is -2.47. The highest BCUT2D eigenvalue weighted by Crippen LogP contribution is 2.23. The number of Topliss-reactive ketones (excluding diaryl/α,β-unsaturated/α-hetero) is 1. The molecule has 0 aliphatic carbocycles. The van der Waals surface area contributed by atoms with Gasteiger partial charge < -0.3 is 9.47 Å². The molecule has 6 nitrogen and oxygen atoms in total. The van der Waals surface area contributed by atoms with E-state index >= 15 is 0 Å². The van der Waals surface area contributed by atoms with Crippen molar-refractivity contribution in [3.63, 3.8) is 0 Å². The monoisotopic (exact) mass is 410 g/mol. The van der Waals surface area contributed by atoms with Crippen molar-refractivity contribution < 1.29 is 32.2 Å². The van der Waals surface area contributed by atoms with Crippen molar-refractivity contribution in [2.24, 2.45) is 0 Å². The van der Waals surface area contributed by atoms with Crippen LogP contribution in [0.5, 0.6) is 5.75 Å². The zero-order valence-corrected chi connectivity index (χ0v) is 15.2. The topological polar surface area (TPSA) is 89.3 Å². The highest BCUT2D eigenvalue weighted by Gasteiger charge is 2.30. The maximum Gasteiger partial charge on any atom is 0.573 e. The third-order valence-electron chi connectivity index (χ3n) is 3.22. The van der Waals surface area contributed by atoms with Gasteiger partial charge >= 0.3 is 12.3 Å². The first kappa shape index (κ1) is 21.1. The van der Waals surface area contributed by atoms with E-state index in [1.165, 1.54) is 29.5 Å². The number of halogens is 3. The molecule has 0 fully saturated rings. The first-order chi connectivity index (χ1) is 13.2. The molecule has 1 unspecified atom stereocenters. The minimum atomic E-state index is -4.79. The first-order valence-electron chi connectivity index (χ1n) is 7.73. The molecule has 146 valence electrons. The van der Waals surface area contributed by atoms with E-state index in [0.717, 1.165) is 18.2 Å². The Morgan fingerprint density at radius 2 is 2.00 bits per heavy atom. The lowest BCUT2D eigenvalue weighted by molar-refractivity contribution is -0.274. The molecule has 0 saturated carbocycles. The van der Waals surface area contributed by atoms with Gasteiger partial charge in [-0.2, -0.15) is 5.26 Å². The Labute approximate surface area is 161 Å². The van der Waals surface area contributed by atoms with Gasteiger partial charge in [-0.1, -0.05) is 12.1 Å². The summed E-state index contributed by atoms with van der Waals surface area (Å²) in [6, 6.07) is 6.64. The number of hydrogen-bond donors (Lipinski definition) is 0. The summed E-state index contributed by atoms with van der Waals surface area (Å²) in [5, 5.41) is 11.2. The van der Waals surface area contributed by atoms with Crippen LogP contribution in [0.3, 0.4) is 0 Å². The van der Waals surface area contributed by atoms with Crippen LogP contribution in [0.2, 0.25) is 0 Å². The Bertz CT molecular complexity index is 914. The Kier molecular flexibility index (Phi) is 6.89. The number of aromatic nitrogens is 1. The number of benzene rings is 1. The Hall–Kier alpha value is -3.19. The van der Waals surface area contributed by atoms with Crippen LogP contribution in [0.15, 0.2) is 35.7 Å². The quantitative estimate of drug-likeness (QED) is 0.510. The Balaban J connectivity index is 1.88. The fourth-order valence-electron chi connectivity index (χ4n) is 1.99. The van der Waals surface area contributed by atoms with Gasteiger partial charge in [0.1, 0.15) is 10.8 Å². The summed E-state index contributed by atoms with van der Waals surface area (Å²) >= 11 is 1.17. The molecule has 2 rings (SSSR count). The van der Waals surface area contributed by atoms with Crippen LogP contribution in [0.1, 0.15) is 22.2 Å². The maximum atomic E-state index is 12.1. The number of thiazole rings is 1. The van der Waals surface area contributed by atoms with Crippen LogP contribution in [0.25, 0.3) is 6.08 Å². The van der Waals surface area contributed by atoms with Crippen LogP contribution >= 0.6 is 11.3 Å². The second-order valence-corrected chi connectivity index (χ2v) is 6.30. The number of nitrogens with zero attached hydrogens (tertiary/aromatic N) is 2. The number of aryl methyl sites for hydroxylation is 1. The number of carbonyl (C=O) groups is 2. The van der Waals surface area contributed by atoms with E-state index in [-0.39, 0.29) is 0 Å². The highest BCUT2D eigenvalue weighted by atomic mass is 32.1. The van der Waals surface area contributed by atoms with E-state index in [1.807, 2.05) is 6.07 Å². The molecule has 0 amide bonds. The fourth-order valence-corrected chi connectivity index (χ4v) is 2.85. The average molecular weight is 410 g/mol. The van der Waals surface area contributed by atoms with Crippen molar-refractivity contribution in [3.8, 4) is 11.8 Å². The predicted octanol–water partition coefficient (Wildman–Crippen LogP) is 3.78. The number of ether oxygens (including phenoxy) is 2. The minimum Gasteiger partial charge on any atom is -0.454 e. The summed E-state index contributed by atoms with van der Waals surface area (Å²) < 4.78 is 44.8. The lowest BCUT2D eigenvalue weighted by Crippen LogP contribution is -2.19. The molecule has 1 heterocycles. The van der Waals surface area contributed by atoms with Crippen molar-refractivity contribution in [2.45, 2.75) is 19.2 Å². The molecule has 28 heavy (non-hydrogen) atoms. The molecule has 1 aromatic carbocycles. The molecule has 0 bridgehead atoms. The number of esters is 1. The van der Waals surface area contributed by atoms with Gasteiger partial charge in [0, 0.05) is 17.2 Å². The third kappa shape index (κ3) is 6.51. The highest BCUT2D eigenvalue weighted by molar-refractivity contribution is 7.09. The van der Waals surface area contributed by atoms with Gasteiger partial charge in [-0.25, -0.2) is 9.78 Å². The van der Waals surface area contributed by atoms with Crippen LogP contribution in [-0.2, 0) is 14.3 Å². The van der Waals surface area contributed by atoms with E-state index in [9.17, 15) is 22.8 Å². The molecule has 0 saturated heterocycles. The first-order valence-corrected chi connectivity index (χ1v) is 8.61. The van der Waals surface area contributed by atoms with E-state index in [0.29, 0.717) is 16.3 Å². The zero-order chi connectivity index (χ0) is 20.7. The lowest BCUT2D eigenvalue weighted by Gasteiger charge is -2.08. The molecular formula is C18H13F3N2O4S. The van der Waals surface area contributed by atoms with Crippen molar-refractivity contribution in [1.29, 1.82) is 5.26 Å². The standard InChI is InChI=1S/C18H13F3N2O4S/c1-11-10-28-17(23-11)14(8-22)15(24)9-26-16(25)7-4-12-2-5-13(6-3-12)27-18(19,20)21/h2-7,10,14H,9H2,1H3/b7-4+. The molecule has 10 heteroatoms. The van der Waals surface area contributed by atoms with E-state index in [1.54, 1.807) is 12.3 Å². The van der Waals surface area contributed by atoms with Crippen molar-refractivity contribution in [1.82, 2.24) is 4.98 Å². The second kappa shape index (κ2) is 9.14. The van der Waals surface area contributed by atoms with Gasteiger partial charge in [0.2, 0.25) is 0 Å². The second-order valence-electron chi connectivity index (χ2n) is 5.41. The van der Waals surface area contributed by atoms with Crippen molar-refractivity contribution in [3.05, 3.63) is 52.0 Å². The van der Waals surface area contributed by atoms with Gasteiger partial charge in [-0.05, 0) is 30.7 Å². The van der Waals surface area contributed by atoms with Crippen molar-refractivity contribution in [2.75, 3.05) is 6.61 Å². The van der Waals surface area contributed by atoms with Crippen molar-refractivity contribution >= 4 is 29.2 Å². The van der Waals surface area contributed by atoms with Crippen LogP contribution < -0.4 is 4.74 Å². The number of alkyl halides is 3. The SMILES string of the molecule is Cc1csc(C(C#N)C(=O)COC(=O)/C=C/c2ccc(OC(F)(F)F)cc2)n1. The molecule has 0 radical (unpaired) electrons. The Morgan fingerprint density at radius 1 is 1.32 bits per heavy atom. The van der Waals surface area contributed by atoms with Gasteiger partial charge in [0.15, 0.2) is 18.3 Å². The summed E-state index contributed by atoms with van der Waals surface area (Å²) in [6.45, 7) is 1.13. The molecule has 2 aromatic rings. The summed E-state index contributed by atoms with van der Waals surface area (Å²) in [4.78, 5) is 27.8. The van der Waals surface area contributed by atoms with Gasteiger partial charge in [-0.3, -0.25) is 4.79 Å². The van der Waals surface area contributed by atoms with Crippen LogP contribution in [0.4, 0.5) is 13.2 Å². The normalized spacial score (nSPS) is 12.4. The predicted molar refractivity (Wildman–Crippen MR) is 93.3 cm³/mol. The van der Waals surface area contributed by atoms with E-state index in [2.05, 4.69) is 9.72 Å². The number of carbonyl (C=O) groups excluding carboxylic acids is 2. The largest absolute Gasteiger partial charge is 0.573 e. The minimum absolute atomic E-state index is 0.331. The molecule has 1 atom stereocenters. The van der Waals surface area contributed by atoms with Gasteiger partial charge in [-0.15, -0.1) is 24.5 Å². The number of rotatable bonds is 7. The Morgan fingerprint density at radius 3 is 2.54 bits per heavy atom. The molecular weight excluding hydrogens is 397 g/mol. The average Bonchev–Trinajstić information content (AvgIpc) is 3.04. The number of nitriles is 1. The summed E-state index contributed by atoms with van der Waals surface area (Å²) in [5.41, 5.74) is 1.10. The van der Waals surface area contributed by atoms with E-state index in [4.69, 9.17) is 10.00 Å². The smallest absolute Gasteiger partial charge is 0.454 e. The molecule has 0 N–H and O–H groups in total. The summed E-state index contributed by atoms with van der Waals surface area (Å²) in [7, 11) is 0. The maximum absolute atomic E-state index is 12.1. The molecule has 0 spiro atoms. The lowest BCUT2D eigenvalue weighted by atomic mass is 10.1. The number of ketones is 1. The molecule has 1 aromatic heterocycles. The van der Waals surface area contributed by atoms with Crippen LogP contribution in [-0.4, -0.2) is 29.7 Å². The third-order valence-corrected chi connectivity index (χ3v) is 4.24. The summed E-state index contributed by atoms with van der Waals surface area (Å²) in [5.74, 6) is -2.95. The molecule has 0 aliphatic rings.